The van der Waals surface area contributed by atoms with Gasteiger partial charge in [-0.2, -0.15) is 5.10 Å². The van der Waals surface area contributed by atoms with Gasteiger partial charge >= 0.3 is 0 Å². The van der Waals surface area contributed by atoms with Crippen molar-refractivity contribution in [2.75, 3.05) is 26.3 Å². The predicted octanol–water partition coefficient (Wildman–Crippen LogP) is 0.182. The minimum absolute atomic E-state index is 0.296. The van der Waals surface area contributed by atoms with E-state index in [2.05, 4.69) is 17.3 Å². The van der Waals surface area contributed by atoms with Crippen LogP contribution in [0.2, 0.25) is 0 Å². The van der Waals surface area contributed by atoms with Crippen molar-refractivity contribution in [1.29, 1.82) is 0 Å². The number of hydrogen-bond donors (Lipinski definition) is 2. The second kappa shape index (κ2) is 6.76. The molecular weight excluding hydrogens is 192 g/mol. The SMILES string of the molecule is CCOCCCNCC1C=NN(N)C1C. The van der Waals surface area contributed by atoms with E-state index in [9.17, 15) is 0 Å². The highest BCUT2D eigenvalue weighted by atomic mass is 16.5. The Balaban J connectivity index is 1.99. The quantitative estimate of drug-likeness (QED) is 0.469. The standard InChI is InChI=1S/C10H22N4O/c1-3-15-6-4-5-12-7-10-8-13-14(11)9(10)2/h8-10,12H,3-7,11H2,1-2H3. The zero-order chi connectivity index (χ0) is 11.1. The van der Waals surface area contributed by atoms with Gasteiger partial charge in [0.1, 0.15) is 0 Å². The van der Waals surface area contributed by atoms with Gasteiger partial charge in [0.2, 0.25) is 0 Å². The number of hydrazine groups is 1. The van der Waals surface area contributed by atoms with Crippen LogP contribution in [0.15, 0.2) is 5.10 Å². The average molecular weight is 214 g/mol. The van der Waals surface area contributed by atoms with Crippen molar-refractivity contribution in [3.8, 4) is 0 Å². The Bertz CT molecular complexity index is 198. The fourth-order valence-electron chi connectivity index (χ4n) is 1.52. The number of nitrogens with two attached hydrogens (primary N) is 1. The summed E-state index contributed by atoms with van der Waals surface area (Å²) >= 11 is 0. The third-order valence-corrected chi connectivity index (χ3v) is 2.65. The Labute approximate surface area is 91.6 Å². The minimum Gasteiger partial charge on any atom is -0.382 e. The fraction of sp³-hybridized carbons (Fsp3) is 0.900. The van der Waals surface area contributed by atoms with Crippen LogP contribution < -0.4 is 11.2 Å². The summed E-state index contributed by atoms with van der Waals surface area (Å²) in [4.78, 5) is 0. The van der Waals surface area contributed by atoms with Crippen LogP contribution in [0.1, 0.15) is 20.3 Å². The summed E-state index contributed by atoms with van der Waals surface area (Å²) in [5, 5.41) is 8.95. The highest BCUT2D eigenvalue weighted by molar-refractivity contribution is 5.63. The van der Waals surface area contributed by atoms with Crippen LogP contribution in [-0.2, 0) is 4.74 Å². The Hall–Kier alpha value is -0.650. The van der Waals surface area contributed by atoms with Crippen LogP contribution in [0.3, 0.4) is 0 Å². The van der Waals surface area contributed by atoms with Gasteiger partial charge in [0.25, 0.3) is 0 Å². The number of rotatable bonds is 7. The van der Waals surface area contributed by atoms with Crippen molar-refractivity contribution < 1.29 is 4.74 Å². The molecule has 88 valence electrons. The lowest BCUT2D eigenvalue weighted by Crippen LogP contribution is -2.38. The van der Waals surface area contributed by atoms with Crippen molar-refractivity contribution in [3.63, 3.8) is 0 Å². The normalized spacial score (nSPS) is 25.1. The summed E-state index contributed by atoms with van der Waals surface area (Å²) in [5.74, 6) is 6.04. The number of ether oxygens (including phenoxy) is 1. The third-order valence-electron chi connectivity index (χ3n) is 2.65. The molecule has 0 amide bonds. The summed E-state index contributed by atoms with van der Waals surface area (Å²) in [7, 11) is 0. The van der Waals surface area contributed by atoms with E-state index >= 15 is 0 Å². The van der Waals surface area contributed by atoms with E-state index < -0.39 is 0 Å². The molecule has 15 heavy (non-hydrogen) atoms. The first-order valence-corrected chi connectivity index (χ1v) is 5.62. The van der Waals surface area contributed by atoms with E-state index in [0.29, 0.717) is 12.0 Å². The maximum Gasteiger partial charge on any atom is 0.0702 e. The van der Waals surface area contributed by atoms with Crippen molar-refractivity contribution in [2.24, 2.45) is 16.9 Å². The summed E-state index contributed by atoms with van der Waals surface area (Å²) in [6.07, 6.45) is 2.97. The maximum atomic E-state index is 5.63. The Morgan fingerprint density at radius 2 is 2.40 bits per heavy atom. The van der Waals surface area contributed by atoms with Crippen LogP contribution in [0, 0.1) is 5.92 Å². The molecule has 0 bridgehead atoms. The molecule has 1 rings (SSSR count). The molecule has 0 saturated carbocycles. The smallest absolute Gasteiger partial charge is 0.0702 e. The van der Waals surface area contributed by atoms with E-state index in [4.69, 9.17) is 10.6 Å². The van der Waals surface area contributed by atoms with E-state index in [1.807, 2.05) is 13.1 Å². The van der Waals surface area contributed by atoms with Gasteiger partial charge in [0.15, 0.2) is 0 Å². The fourth-order valence-corrected chi connectivity index (χ4v) is 1.52. The molecule has 5 heteroatoms. The zero-order valence-electron chi connectivity index (χ0n) is 9.65. The first-order chi connectivity index (χ1) is 7.25. The van der Waals surface area contributed by atoms with Gasteiger partial charge in [-0.1, -0.05) is 0 Å². The van der Waals surface area contributed by atoms with Gasteiger partial charge in [-0.05, 0) is 26.8 Å². The monoisotopic (exact) mass is 214 g/mol. The van der Waals surface area contributed by atoms with Gasteiger partial charge in [0.05, 0.1) is 6.04 Å². The van der Waals surface area contributed by atoms with E-state index in [1.54, 1.807) is 0 Å². The number of hydrazone groups is 1. The first kappa shape index (κ1) is 12.4. The third kappa shape index (κ3) is 4.15. The molecule has 0 spiro atoms. The largest absolute Gasteiger partial charge is 0.382 e. The lowest BCUT2D eigenvalue weighted by atomic mass is 10.0. The van der Waals surface area contributed by atoms with Crippen molar-refractivity contribution in [1.82, 2.24) is 10.4 Å². The maximum absolute atomic E-state index is 5.63. The van der Waals surface area contributed by atoms with Gasteiger partial charge in [-0.15, -0.1) is 0 Å². The van der Waals surface area contributed by atoms with Gasteiger partial charge in [-0.3, -0.25) is 0 Å². The Morgan fingerprint density at radius 1 is 1.60 bits per heavy atom. The van der Waals surface area contributed by atoms with E-state index in [0.717, 1.165) is 32.7 Å². The van der Waals surface area contributed by atoms with Crippen LogP contribution in [0.5, 0.6) is 0 Å². The van der Waals surface area contributed by atoms with Gasteiger partial charge in [-0.25, -0.2) is 11.0 Å². The minimum atomic E-state index is 0.296. The molecule has 5 nitrogen and oxygen atoms in total. The van der Waals surface area contributed by atoms with Crippen LogP contribution in [0.4, 0.5) is 0 Å². The number of hydrogen-bond acceptors (Lipinski definition) is 5. The van der Waals surface area contributed by atoms with Crippen molar-refractivity contribution >= 4 is 6.21 Å². The molecule has 1 aliphatic rings. The highest BCUT2D eigenvalue weighted by Gasteiger charge is 2.24. The molecule has 0 aliphatic carbocycles. The molecule has 2 unspecified atom stereocenters. The zero-order valence-corrected chi connectivity index (χ0v) is 9.65. The molecule has 1 heterocycles. The molecule has 0 saturated heterocycles. The molecule has 1 aliphatic heterocycles. The number of nitrogens with one attached hydrogen (secondary N) is 1. The topological polar surface area (TPSA) is 62.9 Å². The van der Waals surface area contributed by atoms with Crippen molar-refractivity contribution in [3.05, 3.63) is 0 Å². The second-order valence-corrected chi connectivity index (χ2v) is 3.80. The summed E-state index contributed by atoms with van der Waals surface area (Å²) < 4.78 is 5.25. The summed E-state index contributed by atoms with van der Waals surface area (Å²) in [6.45, 7) is 7.65. The van der Waals surface area contributed by atoms with E-state index in [1.165, 1.54) is 5.12 Å². The summed E-state index contributed by atoms with van der Waals surface area (Å²) in [6, 6.07) is 0.296. The average Bonchev–Trinajstić information content (AvgIpc) is 2.54. The Kier molecular flexibility index (Phi) is 5.60. The molecule has 3 N–H and O–H groups in total. The predicted molar refractivity (Wildman–Crippen MR) is 61.5 cm³/mol. The molecule has 0 radical (unpaired) electrons. The lowest BCUT2D eigenvalue weighted by molar-refractivity contribution is 0.144. The van der Waals surface area contributed by atoms with Crippen LogP contribution in [-0.4, -0.2) is 43.7 Å². The lowest BCUT2D eigenvalue weighted by Gasteiger charge is -2.19. The van der Waals surface area contributed by atoms with Crippen LogP contribution >= 0.6 is 0 Å². The van der Waals surface area contributed by atoms with Gasteiger partial charge in [0, 0.05) is 31.9 Å². The molecule has 2 atom stereocenters. The second-order valence-electron chi connectivity index (χ2n) is 3.80. The van der Waals surface area contributed by atoms with E-state index in [-0.39, 0.29) is 0 Å². The van der Waals surface area contributed by atoms with Crippen LogP contribution in [0.25, 0.3) is 0 Å². The Morgan fingerprint density at radius 3 is 3.00 bits per heavy atom. The first-order valence-electron chi connectivity index (χ1n) is 5.62. The molecule has 0 fully saturated rings. The van der Waals surface area contributed by atoms with Gasteiger partial charge < -0.3 is 10.1 Å². The molecular formula is C10H22N4O. The molecule has 0 aromatic heterocycles. The van der Waals surface area contributed by atoms with Crippen molar-refractivity contribution in [2.45, 2.75) is 26.3 Å². The molecule has 0 aromatic carbocycles. The summed E-state index contributed by atoms with van der Waals surface area (Å²) in [5.41, 5.74) is 0. The number of nitrogens with zero attached hydrogens (tertiary/aromatic N) is 2. The highest BCUT2D eigenvalue weighted by Crippen LogP contribution is 2.11. The molecule has 0 aromatic rings.